The molecule has 0 N–H and O–H groups in total. The van der Waals surface area contributed by atoms with Crippen LogP contribution in [-0.4, -0.2) is 59.4 Å². The molecule has 0 aliphatic rings. The van der Waals surface area contributed by atoms with Crippen LogP contribution >= 0.6 is 0 Å². The van der Waals surface area contributed by atoms with Gasteiger partial charge in [0.15, 0.2) is 0 Å². The number of aromatic nitrogens is 8. The van der Waals surface area contributed by atoms with E-state index in [4.69, 9.17) is 0 Å². The molecule has 0 aliphatic carbocycles. The van der Waals surface area contributed by atoms with Crippen LogP contribution in [0.5, 0.6) is 0 Å². The van der Waals surface area contributed by atoms with Crippen LogP contribution in [0.1, 0.15) is 0 Å². The zero-order chi connectivity index (χ0) is 19.7. The maximum Gasteiger partial charge on any atom is 0.269 e. The predicted molar refractivity (Wildman–Crippen MR) is 98.3 cm³/mol. The highest BCUT2D eigenvalue weighted by molar-refractivity contribution is 5.53. The lowest BCUT2D eigenvalue weighted by Gasteiger charge is -2.12. The fraction of sp³-hybridized carbons (Fsp3) is 0.125. The van der Waals surface area contributed by atoms with Crippen LogP contribution in [-0.2, 0) is 0 Å². The van der Waals surface area contributed by atoms with E-state index < -0.39 is 4.92 Å². The fourth-order valence-corrected chi connectivity index (χ4v) is 2.51. The molecule has 0 fully saturated rings. The number of benzene rings is 2. The van der Waals surface area contributed by atoms with Crippen LogP contribution < -0.4 is 4.90 Å². The average molecular weight is 378 g/mol. The fourth-order valence-electron chi connectivity index (χ4n) is 2.51. The van der Waals surface area contributed by atoms with Gasteiger partial charge in [0.2, 0.25) is 11.6 Å². The standard InChI is InChI=1S/C16H14N10O2/c1-23(2)11-3-5-12(6-4-11)24-16(18-20-22-24)15-17-21-25(19-15)13-7-9-14(10-8-13)26(27)28/h3-10H,1-2H3. The van der Waals surface area contributed by atoms with Crippen LogP contribution in [0, 0.1) is 10.1 Å². The Morgan fingerprint density at radius 3 is 2.25 bits per heavy atom. The highest BCUT2D eigenvalue weighted by Gasteiger charge is 2.17. The van der Waals surface area contributed by atoms with Gasteiger partial charge in [-0.25, -0.2) is 0 Å². The monoisotopic (exact) mass is 378 g/mol. The second kappa shape index (κ2) is 6.83. The molecule has 140 valence electrons. The predicted octanol–water partition coefficient (Wildman–Crippen LogP) is 1.28. The second-order valence-electron chi connectivity index (χ2n) is 6.00. The first-order chi connectivity index (χ1) is 13.5. The molecule has 0 spiro atoms. The molecule has 0 radical (unpaired) electrons. The molecule has 0 aliphatic heterocycles. The van der Waals surface area contributed by atoms with Gasteiger partial charge in [-0.1, -0.05) is 0 Å². The minimum absolute atomic E-state index is 0.0193. The molecule has 12 heteroatoms. The Labute approximate surface area is 158 Å². The SMILES string of the molecule is CN(C)c1ccc(-n2nnnc2-c2nnn(-c3ccc([N+](=O)[O-])cc3)n2)cc1. The average Bonchev–Trinajstić information content (AvgIpc) is 3.37. The Kier molecular flexibility index (Phi) is 4.20. The smallest absolute Gasteiger partial charge is 0.269 e. The van der Waals surface area contributed by atoms with E-state index in [2.05, 4.69) is 30.9 Å². The number of rotatable bonds is 5. The van der Waals surface area contributed by atoms with E-state index in [0.717, 1.165) is 11.4 Å². The van der Waals surface area contributed by atoms with Crippen LogP contribution in [0.25, 0.3) is 23.0 Å². The molecule has 0 saturated carbocycles. The molecule has 2 heterocycles. The number of tetrazole rings is 2. The third kappa shape index (κ3) is 3.13. The minimum Gasteiger partial charge on any atom is -0.378 e. The zero-order valence-corrected chi connectivity index (χ0v) is 14.9. The van der Waals surface area contributed by atoms with Gasteiger partial charge in [0, 0.05) is 31.9 Å². The van der Waals surface area contributed by atoms with Gasteiger partial charge in [-0.2, -0.15) is 4.68 Å². The van der Waals surface area contributed by atoms with Gasteiger partial charge in [0.1, 0.15) is 0 Å². The number of hydrogen-bond donors (Lipinski definition) is 0. The van der Waals surface area contributed by atoms with Gasteiger partial charge < -0.3 is 4.90 Å². The first kappa shape index (κ1) is 17.2. The molecule has 0 atom stereocenters. The lowest BCUT2D eigenvalue weighted by molar-refractivity contribution is -0.384. The van der Waals surface area contributed by atoms with Crippen molar-refractivity contribution in [2.75, 3.05) is 19.0 Å². The molecule has 28 heavy (non-hydrogen) atoms. The zero-order valence-electron chi connectivity index (χ0n) is 14.9. The van der Waals surface area contributed by atoms with Crippen molar-refractivity contribution in [2.24, 2.45) is 0 Å². The van der Waals surface area contributed by atoms with E-state index in [0.29, 0.717) is 11.5 Å². The molecule has 0 bridgehead atoms. The Bertz CT molecular complexity index is 1120. The van der Waals surface area contributed by atoms with Gasteiger partial charge in [-0.05, 0) is 52.0 Å². The number of nitro groups is 1. The second-order valence-corrected chi connectivity index (χ2v) is 6.00. The largest absolute Gasteiger partial charge is 0.378 e. The summed E-state index contributed by atoms with van der Waals surface area (Å²) in [5.41, 5.74) is 2.30. The Morgan fingerprint density at radius 2 is 1.61 bits per heavy atom. The quantitative estimate of drug-likeness (QED) is 0.372. The first-order valence-corrected chi connectivity index (χ1v) is 8.14. The topological polar surface area (TPSA) is 134 Å². The number of nitro benzene ring substituents is 1. The molecule has 4 aromatic rings. The molecule has 0 amide bonds. The van der Waals surface area contributed by atoms with Crippen molar-refractivity contribution in [3.8, 4) is 23.0 Å². The summed E-state index contributed by atoms with van der Waals surface area (Å²) in [5, 5.41) is 34.7. The lowest BCUT2D eigenvalue weighted by atomic mass is 10.2. The molecule has 0 saturated heterocycles. The summed E-state index contributed by atoms with van der Waals surface area (Å²) in [4.78, 5) is 13.5. The Morgan fingerprint density at radius 1 is 0.929 bits per heavy atom. The molecule has 2 aromatic heterocycles. The van der Waals surface area contributed by atoms with Crippen LogP contribution in [0.15, 0.2) is 48.5 Å². The summed E-state index contributed by atoms with van der Waals surface area (Å²) in [5.74, 6) is 0.547. The van der Waals surface area contributed by atoms with Crippen LogP contribution in [0.4, 0.5) is 11.4 Å². The van der Waals surface area contributed by atoms with Gasteiger partial charge in [0.25, 0.3) is 5.69 Å². The Hall–Kier alpha value is -4.22. The Balaban J connectivity index is 1.65. The van der Waals surface area contributed by atoms with Gasteiger partial charge in [0.05, 0.1) is 16.3 Å². The summed E-state index contributed by atoms with van der Waals surface area (Å²) in [6.45, 7) is 0. The normalized spacial score (nSPS) is 10.8. The maximum atomic E-state index is 10.8. The van der Waals surface area contributed by atoms with Crippen molar-refractivity contribution in [2.45, 2.75) is 0 Å². The number of non-ortho nitro benzene ring substituents is 1. The van der Waals surface area contributed by atoms with E-state index in [1.54, 1.807) is 0 Å². The van der Waals surface area contributed by atoms with E-state index in [1.165, 1.54) is 33.7 Å². The van der Waals surface area contributed by atoms with Gasteiger partial charge >= 0.3 is 0 Å². The van der Waals surface area contributed by atoms with Gasteiger partial charge in [-0.3, -0.25) is 10.1 Å². The molecule has 0 unspecified atom stereocenters. The van der Waals surface area contributed by atoms with Crippen molar-refractivity contribution in [1.29, 1.82) is 0 Å². The highest BCUT2D eigenvalue weighted by atomic mass is 16.6. The van der Waals surface area contributed by atoms with Crippen LogP contribution in [0.3, 0.4) is 0 Å². The van der Waals surface area contributed by atoms with E-state index in [1.807, 2.05) is 43.3 Å². The number of anilines is 1. The summed E-state index contributed by atoms with van der Waals surface area (Å²) < 4.78 is 1.51. The molecule has 2 aromatic carbocycles. The number of nitrogens with zero attached hydrogens (tertiary/aromatic N) is 10. The third-order valence-corrected chi connectivity index (χ3v) is 3.99. The van der Waals surface area contributed by atoms with E-state index >= 15 is 0 Å². The summed E-state index contributed by atoms with van der Waals surface area (Å²) in [6.07, 6.45) is 0. The summed E-state index contributed by atoms with van der Waals surface area (Å²) >= 11 is 0. The van der Waals surface area contributed by atoms with Crippen molar-refractivity contribution >= 4 is 11.4 Å². The highest BCUT2D eigenvalue weighted by Crippen LogP contribution is 2.19. The van der Waals surface area contributed by atoms with Crippen molar-refractivity contribution < 1.29 is 4.92 Å². The summed E-state index contributed by atoms with van der Waals surface area (Å²) in [6, 6.07) is 13.5. The van der Waals surface area contributed by atoms with E-state index in [-0.39, 0.29) is 11.5 Å². The molecular formula is C16H14N10O2. The van der Waals surface area contributed by atoms with E-state index in [9.17, 15) is 10.1 Å². The molecular weight excluding hydrogens is 364 g/mol. The molecule has 12 nitrogen and oxygen atoms in total. The number of hydrogen-bond acceptors (Lipinski definition) is 9. The lowest BCUT2D eigenvalue weighted by Crippen LogP contribution is -2.08. The minimum atomic E-state index is -0.473. The van der Waals surface area contributed by atoms with Crippen molar-refractivity contribution in [1.82, 2.24) is 40.4 Å². The van der Waals surface area contributed by atoms with Crippen molar-refractivity contribution in [3.05, 3.63) is 58.6 Å². The molecule has 4 rings (SSSR count). The van der Waals surface area contributed by atoms with Crippen molar-refractivity contribution in [3.63, 3.8) is 0 Å². The summed E-state index contributed by atoms with van der Waals surface area (Å²) in [7, 11) is 3.91. The van der Waals surface area contributed by atoms with Gasteiger partial charge in [-0.15, -0.1) is 20.1 Å². The van der Waals surface area contributed by atoms with Crippen LogP contribution in [0.2, 0.25) is 0 Å². The first-order valence-electron chi connectivity index (χ1n) is 8.14. The maximum absolute atomic E-state index is 10.8. The third-order valence-electron chi connectivity index (χ3n) is 3.99.